The molecule has 0 aromatic carbocycles. The van der Waals surface area contributed by atoms with Gasteiger partial charge in [0.2, 0.25) is 23.6 Å². The van der Waals surface area contributed by atoms with Crippen molar-refractivity contribution in [2.45, 2.75) is 64.1 Å². The van der Waals surface area contributed by atoms with Crippen molar-refractivity contribution in [3.63, 3.8) is 0 Å². The Balaban J connectivity index is 5.23. The number of primary amides is 1. The summed E-state index contributed by atoms with van der Waals surface area (Å²) in [6, 6.07) is -3.29. The normalized spacial score (nSPS) is 14.7. The summed E-state index contributed by atoms with van der Waals surface area (Å²) in [5.41, 5.74) is 16.4. The van der Waals surface area contributed by atoms with E-state index in [-0.39, 0.29) is 5.92 Å². The first-order valence-electron chi connectivity index (χ1n) is 9.87. The van der Waals surface area contributed by atoms with Crippen LogP contribution >= 0.6 is 0 Å². The Hall–Kier alpha value is -2.73. The van der Waals surface area contributed by atoms with E-state index in [9.17, 15) is 24.0 Å². The minimum Gasteiger partial charge on any atom is -0.480 e. The molecule has 172 valence electrons. The average molecular weight is 431 g/mol. The van der Waals surface area contributed by atoms with E-state index in [4.69, 9.17) is 22.3 Å². The van der Waals surface area contributed by atoms with E-state index in [0.29, 0.717) is 32.2 Å². The molecule has 10 N–H and O–H groups in total. The second-order valence-corrected chi connectivity index (χ2v) is 7.11. The molecule has 0 aliphatic rings. The number of unbranched alkanes of at least 4 members (excludes halogenated alkanes) is 1. The minimum atomic E-state index is -1.32. The van der Waals surface area contributed by atoms with Gasteiger partial charge in [-0.1, -0.05) is 26.7 Å². The van der Waals surface area contributed by atoms with Crippen LogP contribution in [0, 0.1) is 5.92 Å². The lowest BCUT2D eigenvalue weighted by atomic mass is 9.97. The highest BCUT2D eigenvalue weighted by atomic mass is 16.4. The van der Waals surface area contributed by atoms with Gasteiger partial charge in [0.1, 0.15) is 18.6 Å². The van der Waals surface area contributed by atoms with Crippen molar-refractivity contribution in [3.8, 4) is 0 Å². The van der Waals surface area contributed by atoms with Crippen LogP contribution in [-0.4, -0.2) is 65.9 Å². The van der Waals surface area contributed by atoms with Crippen molar-refractivity contribution in [1.82, 2.24) is 16.0 Å². The fourth-order valence-electron chi connectivity index (χ4n) is 2.56. The van der Waals surface area contributed by atoms with Gasteiger partial charge >= 0.3 is 5.97 Å². The molecular weight excluding hydrogens is 396 g/mol. The molecule has 0 aliphatic carbocycles. The number of carbonyl (C=O) groups excluding carboxylic acids is 4. The van der Waals surface area contributed by atoms with Crippen molar-refractivity contribution >= 4 is 29.6 Å². The van der Waals surface area contributed by atoms with Crippen LogP contribution in [0.3, 0.4) is 0 Å². The average Bonchev–Trinajstić information content (AvgIpc) is 2.68. The van der Waals surface area contributed by atoms with Gasteiger partial charge in [0.25, 0.3) is 0 Å². The van der Waals surface area contributed by atoms with Gasteiger partial charge < -0.3 is 38.3 Å². The number of nitrogens with one attached hydrogen (secondary N) is 3. The summed E-state index contributed by atoms with van der Waals surface area (Å²) in [4.78, 5) is 59.3. The Morgan fingerprint density at radius 1 is 1.00 bits per heavy atom. The largest absolute Gasteiger partial charge is 0.480 e. The predicted octanol–water partition coefficient (Wildman–Crippen LogP) is -2.47. The lowest BCUT2D eigenvalue weighted by molar-refractivity contribution is -0.139. The number of hydrogen-bond acceptors (Lipinski definition) is 7. The Kier molecular flexibility index (Phi) is 13.0. The topological polar surface area (TPSA) is 220 Å². The van der Waals surface area contributed by atoms with Crippen molar-refractivity contribution in [1.29, 1.82) is 0 Å². The molecule has 4 unspecified atom stereocenters. The van der Waals surface area contributed by atoms with E-state index in [1.165, 1.54) is 0 Å². The number of carboxylic acids is 1. The van der Waals surface area contributed by atoms with E-state index >= 15 is 0 Å². The van der Waals surface area contributed by atoms with Crippen molar-refractivity contribution in [3.05, 3.63) is 0 Å². The Labute approximate surface area is 175 Å². The van der Waals surface area contributed by atoms with Crippen LogP contribution < -0.4 is 33.2 Å². The zero-order valence-corrected chi connectivity index (χ0v) is 17.5. The number of carbonyl (C=O) groups is 5. The number of aliphatic carboxylic acids is 1. The van der Waals surface area contributed by atoms with Crippen molar-refractivity contribution in [2.24, 2.45) is 23.1 Å². The summed E-state index contributed by atoms with van der Waals surface area (Å²) < 4.78 is 0. The second-order valence-electron chi connectivity index (χ2n) is 7.11. The molecule has 0 bridgehead atoms. The maximum atomic E-state index is 12.7. The zero-order chi connectivity index (χ0) is 23.3. The van der Waals surface area contributed by atoms with E-state index in [1.54, 1.807) is 13.8 Å². The van der Waals surface area contributed by atoms with Gasteiger partial charge in [-0.05, 0) is 25.3 Å². The standard InChI is InChI=1S/C18H34N6O6/c1-3-10(2)15(18(30)22-9-14(26)27)24-17(29)12(8-13(21)25)23-16(28)11(20)6-4-5-7-19/h10-12,15H,3-9,19-20H2,1-2H3,(H2,21,25)(H,22,30)(H,23,28)(H,24,29)(H,26,27). The third kappa shape index (κ3) is 10.7. The van der Waals surface area contributed by atoms with Gasteiger partial charge in [-0.2, -0.15) is 0 Å². The molecule has 0 rings (SSSR count). The van der Waals surface area contributed by atoms with Crippen LogP contribution in [0.5, 0.6) is 0 Å². The minimum absolute atomic E-state index is 0.341. The summed E-state index contributed by atoms with van der Waals surface area (Å²) in [6.45, 7) is 3.33. The van der Waals surface area contributed by atoms with Crippen LogP contribution in [0.4, 0.5) is 0 Å². The first kappa shape index (κ1) is 27.3. The van der Waals surface area contributed by atoms with Crippen LogP contribution in [0.2, 0.25) is 0 Å². The van der Waals surface area contributed by atoms with Gasteiger partial charge in [0.05, 0.1) is 12.5 Å². The fourth-order valence-corrected chi connectivity index (χ4v) is 2.56. The Morgan fingerprint density at radius 2 is 1.63 bits per heavy atom. The van der Waals surface area contributed by atoms with Crippen LogP contribution in [-0.2, 0) is 24.0 Å². The summed E-state index contributed by atoms with van der Waals surface area (Å²) in [6.07, 6.45) is 1.67. The molecule has 0 spiro atoms. The fraction of sp³-hybridized carbons (Fsp3) is 0.722. The summed E-state index contributed by atoms with van der Waals surface area (Å²) in [7, 11) is 0. The molecule has 0 heterocycles. The molecule has 0 saturated carbocycles. The molecule has 0 aromatic rings. The third-order valence-electron chi connectivity index (χ3n) is 4.55. The molecule has 4 atom stereocenters. The highest BCUT2D eigenvalue weighted by Gasteiger charge is 2.31. The molecule has 12 nitrogen and oxygen atoms in total. The molecule has 12 heteroatoms. The second kappa shape index (κ2) is 14.3. The van der Waals surface area contributed by atoms with E-state index < -0.39 is 60.7 Å². The molecule has 0 aliphatic heterocycles. The molecule has 0 aromatic heterocycles. The summed E-state index contributed by atoms with van der Waals surface area (Å²) >= 11 is 0. The molecule has 30 heavy (non-hydrogen) atoms. The van der Waals surface area contributed by atoms with E-state index in [0.717, 1.165) is 0 Å². The van der Waals surface area contributed by atoms with Crippen LogP contribution in [0.1, 0.15) is 46.0 Å². The molecule has 0 fully saturated rings. The predicted molar refractivity (Wildman–Crippen MR) is 109 cm³/mol. The monoisotopic (exact) mass is 430 g/mol. The molecule has 0 radical (unpaired) electrons. The summed E-state index contributed by atoms with van der Waals surface area (Å²) in [5, 5.41) is 15.8. The van der Waals surface area contributed by atoms with Gasteiger partial charge in [-0.3, -0.25) is 24.0 Å². The number of nitrogens with two attached hydrogens (primary N) is 3. The number of hydrogen-bond donors (Lipinski definition) is 7. The number of rotatable bonds is 15. The first-order chi connectivity index (χ1) is 14.0. The van der Waals surface area contributed by atoms with Crippen molar-refractivity contribution < 1.29 is 29.1 Å². The maximum absolute atomic E-state index is 12.7. The first-order valence-corrected chi connectivity index (χ1v) is 9.87. The third-order valence-corrected chi connectivity index (χ3v) is 4.55. The molecule has 0 saturated heterocycles. The smallest absolute Gasteiger partial charge is 0.322 e. The molecule has 4 amide bonds. The van der Waals surface area contributed by atoms with Crippen molar-refractivity contribution in [2.75, 3.05) is 13.1 Å². The van der Waals surface area contributed by atoms with E-state index in [2.05, 4.69) is 16.0 Å². The molecular formula is C18H34N6O6. The lowest BCUT2D eigenvalue weighted by Gasteiger charge is -2.26. The Morgan fingerprint density at radius 3 is 2.13 bits per heavy atom. The maximum Gasteiger partial charge on any atom is 0.322 e. The van der Waals surface area contributed by atoms with Gasteiger partial charge in [0, 0.05) is 0 Å². The lowest BCUT2D eigenvalue weighted by Crippen LogP contribution is -2.58. The van der Waals surface area contributed by atoms with Gasteiger partial charge in [0.15, 0.2) is 0 Å². The van der Waals surface area contributed by atoms with Gasteiger partial charge in [-0.15, -0.1) is 0 Å². The number of amides is 4. The number of carboxylic acid groups (broad SMARTS) is 1. The van der Waals surface area contributed by atoms with Crippen LogP contribution in [0.15, 0.2) is 0 Å². The van der Waals surface area contributed by atoms with Crippen LogP contribution in [0.25, 0.3) is 0 Å². The highest BCUT2D eigenvalue weighted by Crippen LogP contribution is 2.09. The Bertz CT molecular complexity index is 614. The van der Waals surface area contributed by atoms with Gasteiger partial charge in [-0.25, -0.2) is 0 Å². The zero-order valence-electron chi connectivity index (χ0n) is 17.5. The summed E-state index contributed by atoms with van der Waals surface area (Å²) in [5.74, 6) is -4.53. The highest BCUT2D eigenvalue weighted by molar-refractivity contribution is 5.95. The van der Waals surface area contributed by atoms with E-state index in [1.807, 2.05) is 0 Å². The SMILES string of the molecule is CCC(C)C(NC(=O)C(CC(N)=O)NC(=O)C(N)CCCCN)C(=O)NCC(=O)O. The quantitative estimate of drug-likeness (QED) is 0.138.